The van der Waals surface area contributed by atoms with Crippen molar-refractivity contribution in [2.45, 2.75) is 70.0 Å². The second-order valence-electron chi connectivity index (χ2n) is 9.84. The highest BCUT2D eigenvalue weighted by Crippen LogP contribution is 2.64. The van der Waals surface area contributed by atoms with Crippen LogP contribution >= 0.6 is 23.2 Å². The van der Waals surface area contributed by atoms with Gasteiger partial charge in [-0.25, -0.2) is 4.79 Å². The number of ether oxygens (including phenoxy) is 2. The zero-order valence-electron chi connectivity index (χ0n) is 17.5. The molecule has 2 aliphatic carbocycles. The average molecular weight is 440 g/mol. The molecule has 1 aromatic rings. The molecular formula is C23H31Cl2NO3. The van der Waals surface area contributed by atoms with E-state index in [0.717, 1.165) is 12.2 Å². The Balaban J connectivity index is 1.50. The van der Waals surface area contributed by atoms with Gasteiger partial charge in [0, 0.05) is 18.5 Å². The molecule has 1 amide bonds. The molecule has 1 aliphatic heterocycles. The molecule has 0 bridgehead atoms. The zero-order valence-corrected chi connectivity index (χ0v) is 19.1. The number of hydrogen-bond donors (Lipinski definition) is 0. The number of fused-ring (bicyclic) bond motifs is 1. The van der Waals surface area contributed by atoms with E-state index in [2.05, 4.69) is 6.07 Å². The second kappa shape index (κ2) is 7.94. The molecule has 0 radical (unpaired) electrons. The van der Waals surface area contributed by atoms with Crippen LogP contribution in [0.3, 0.4) is 0 Å². The van der Waals surface area contributed by atoms with Crippen molar-refractivity contribution in [3.05, 3.63) is 33.8 Å². The van der Waals surface area contributed by atoms with Gasteiger partial charge in [-0.05, 0) is 63.1 Å². The van der Waals surface area contributed by atoms with E-state index in [1.807, 2.05) is 37.8 Å². The molecule has 2 saturated carbocycles. The van der Waals surface area contributed by atoms with Gasteiger partial charge in [0.1, 0.15) is 5.60 Å². The largest absolute Gasteiger partial charge is 0.444 e. The maximum Gasteiger partial charge on any atom is 0.410 e. The number of carbonyl (C=O) groups excluding carboxylic acids is 1. The minimum atomic E-state index is -0.496. The van der Waals surface area contributed by atoms with Crippen molar-refractivity contribution < 1.29 is 14.3 Å². The molecule has 29 heavy (non-hydrogen) atoms. The third-order valence-corrected chi connectivity index (χ3v) is 7.48. The fraction of sp³-hybridized carbons (Fsp3) is 0.696. The smallest absolute Gasteiger partial charge is 0.410 e. The van der Waals surface area contributed by atoms with E-state index in [4.69, 9.17) is 32.7 Å². The van der Waals surface area contributed by atoms with Crippen molar-refractivity contribution in [1.82, 2.24) is 4.90 Å². The summed E-state index contributed by atoms with van der Waals surface area (Å²) < 4.78 is 11.9. The topological polar surface area (TPSA) is 38.8 Å². The van der Waals surface area contributed by atoms with E-state index in [-0.39, 0.29) is 11.5 Å². The molecule has 3 aliphatic rings. The lowest BCUT2D eigenvalue weighted by Gasteiger charge is -2.29. The van der Waals surface area contributed by atoms with Crippen LogP contribution in [0.1, 0.15) is 58.4 Å². The first-order valence-electron chi connectivity index (χ1n) is 10.8. The Morgan fingerprint density at radius 1 is 1.17 bits per heavy atom. The molecule has 4 rings (SSSR count). The summed E-state index contributed by atoms with van der Waals surface area (Å²) in [6.07, 6.45) is 6.34. The molecule has 0 unspecified atom stereocenters. The number of rotatable bonds is 4. The molecule has 1 heterocycles. The number of piperidine rings is 1. The average Bonchev–Trinajstić information content (AvgIpc) is 3.07. The maximum absolute atomic E-state index is 12.7. The van der Waals surface area contributed by atoms with Crippen LogP contribution in [0.2, 0.25) is 10.0 Å². The monoisotopic (exact) mass is 439 g/mol. The van der Waals surface area contributed by atoms with Gasteiger partial charge in [-0.2, -0.15) is 0 Å². The minimum absolute atomic E-state index is 0.111. The van der Waals surface area contributed by atoms with Gasteiger partial charge in [0.2, 0.25) is 0 Å². The molecule has 0 N–H and O–H groups in total. The normalized spacial score (nSPS) is 29.6. The van der Waals surface area contributed by atoms with Crippen LogP contribution < -0.4 is 0 Å². The summed E-state index contributed by atoms with van der Waals surface area (Å²) in [6.45, 7) is 7.79. The number of nitrogens with zero attached hydrogens (tertiary/aromatic N) is 1. The summed E-state index contributed by atoms with van der Waals surface area (Å²) in [4.78, 5) is 14.5. The van der Waals surface area contributed by atoms with Crippen LogP contribution in [-0.4, -0.2) is 42.4 Å². The number of hydrogen-bond acceptors (Lipinski definition) is 3. The fourth-order valence-electron chi connectivity index (χ4n) is 5.25. The Bertz CT molecular complexity index is 772. The van der Waals surface area contributed by atoms with Gasteiger partial charge in [0.05, 0.1) is 22.8 Å². The number of likely N-dealkylation sites (tertiary alicyclic amines) is 1. The molecule has 3 fully saturated rings. The highest BCUT2D eigenvalue weighted by molar-refractivity contribution is 6.42. The number of halogens is 2. The van der Waals surface area contributed by atoms with Crippen molar-refractivity contribution in [3.63, 3.8) is 0 Å². The minimum Gasteiger partial charge on any atom is -0.444 e. The molecule has 1 aromatic carbocycles. The highest BCUT2D eigenvalue weighted by atomic mass is 35.5. The summed E-state index contributed by atoms with van der Waals surface area (Å²) in [7, 11) is 0. The molecule has 4 nitrogen and oxygen atoms in total. The van der Waals surface area contributed by atoms with Gasteiger partial charge < -0.3 is 14.4 Å². The Labute approximate surface area is 183 Å². The first kappa shape index (κ1) is 21.3. The quantitative estimate of drug-likeness (QED) is 0.570. The highest BCUT2D eigenvalue weighted by Gasteiger charge is 2.70. The molecule has 1 saturated heterocycles. The molecule has 0 spiro atoms. The SMILES string of the molecule is CC(C)(C)OC(=O)N1C[C@H]2[C@H](COC3CCCCC3)[C@@]2(c2ccc(Cl)c(Cl)c2)C1. The van der Waals surface area contributed by atoms with Gasteiger partial charge in [-0.15, -0.1) is 0 Å². The lowest BCUT2D eigenvalue weighted by atomic mass is 9.92. The molecule has 6 heteroatoms. The summed E-state index contributed by atoms with van der Waals surface area (Å²) in [6, 6.07) is 5.88. The third kappa shape index (κ3) is 4.26. The van der Waals surface area contributed by atoms with Gasteiger partial charge in [-0.1, -0.05) is 48.5 Å². The van der Waals surface area contributed by atoms with Crippen LogP contribution in [0.4, 0.5) is 4.79 Å². The van der Waals surface area contributed by atoms with Gasteiger partial charge >= 0.3 is 6.09 Å². The van der Waals surface area contributed by atoms with Crippen LogP contribution in [0.25, 0.3) is 0 Å². The maximum atomic E-state index is 12.7. The van der Waals surface area contributed by atoms with Gasteiger partial charge in [0.25, 0.3) is 0 Å². The number of benzene rings is 1. The van der Waals surface area contributed by atoms with E-state index in [9.17, 15) is 4.79 Å². The summed E-state index contributed by atoms with van der Waals surface area (Å²) >= 11 is 12.5. The van der Waals surface area contributed by atoms with Crippen molar-refractivity contribution in [2.24, 2.45) is 11.8 Å². The standard InChI is InChI=1S/C23H31Cl2NO3/c1-22(2,3)29-21(27)26-12-17-18(13-28-16-7-5-4-6-8-16)23(17,14-26)15-9-10-19(24)20(25)11-15/h9-11,16-18H,4-8,12-14H2,1-3H3/t17-,18-,23+/m0/s1. The van der Waals surface area contributed by atoms with Crippen molar-refractivity contribution in [3.8, 4) is 0 Å². The second-order valence-corrected chi connectivity index (χ2v) is 10.7. The van der Waals surface area contributed by atoms with Crippen molar-refractivity contribution in [1.29, 1.82) is 0 Å². The summed E-state index contributed by atoms with van der Waals surface area (Å²) in [5, 5.41) is 1.12. The fourth-order valence-corrected chi connectivity index (χ4v) is 5.55. The first-order chi connectivity index (χ1) is 13.7. The molecule has 0 aromatic heterocycles. The first-order valence-corrected chi connectivity index (χ1v) is 11.5. The Morgan fingerprint density at radius 3 is 2.55 bits per heavy atom. The van der Waals surface area contributed by atoms with E-state index >= 15 is 0 Å². The Morgan fingerprint density at radius 2 is 1.90 bits per heavy atom. The van der Waals surface area contributed by atoms with Crippen LogP contribution in [0, 0.1) is 11.8 Å². The lowest BCUT2D eigenvalue weighted by molar-refractivity contribution is 0.00832. The van der Waals surface area contributed by atoms with Gasteiger partial charge in [-0.3, -0.25) is 0 Å². The predicted octanol–water partition coefficient (Wildman–Crippen LogP) is 6.08. The predicted molar refractivity (Wildman–Crippen MR) is 116 cm³/mol. The third-order valence-electron chi connectivity index (χ3n) is 6.74. The van der Waals surface area contributed by atoms with Crippen molar-refractivity contribution in [2.75, 3.05) is 19.7 Å². The van der Waals surface area contributed by atoms with Crippen molar-refractivity contribution >= 4 is 29.3 Å². The van der Waals surface area contributed by atoms with Crippen LogP contribution in [-0.2, 0) is 14.9 Å². The Kier molecular flexibility index (Phi) is 5.82. The summed E-state index contributed by atoms with van der Waals surface area (Å²) in [5.74, 6) is 0.774. The van der Waals surface area contributed by atoms with E-state index < -0.39 is 5.60 Å². The number of amides is 1. The van der Waals surface area contributed by atoms with E-state index in [1.54, 1.807) is 0 Å². The van der Waals surface area contributed by atoms with Crippen LogP contribution in [0.5, 0.6) is 0 Å². The Hall–Kier alpha value is -0.970. The van der Waals surface area contributed by atoms with Gasteiger partial charge in [0.15, 0.2) is 0 Å². The van der Waals surface area contributed by atoms with Crippen LogP contribution in [0.15, 0.2) is 18.2 Å². The van der Waals surface area contributed by atoms with E-state index in [1.165, 1.54) is 32.1 Å². The summed E-state index contributed by atoms with van der Waals surface area (Å²) in [5.41, 5.74) is 0.546. The number of carbonyl (C=O) groups is 1. The molecule has 160 valence electrons. The molecule has 3 atom stereocenters. The lowest BCUT2D eigenvalue weighted by Crippen LogP contribution is -2.39. The molecular weight excluding hydrogens is 409 g/mol. The van der Waals surface area contributed by atoms with E-state index in [0.29, 0.717) is 41.1 Å². The zero-order chi connectivity index (χ0) is 20.8.